The highest BCUT2D eigenvalue weighted by Gasteiger charge is 2.05. The fourth-order valence-electron chi connectivity index (χ4n) is 1.68. The van der Waals surface area contributed by atoms with Gasteiger partial charge in [-0.1, -0.05) is 17.7 Å². The number of rotatable bonds is 4. The van der Waals surface area contributed by atoms with Crippen molar-refractivity contribution in [3.05, 3.63) is 59.1 Å². The molecule has 0 bridgehead atoms. The second kappa shape index (κ2) is 5.75. The highest BCUT2D eigenvalue weighted by Crippen LogP contribution is 2.14. The summed E-state index contributed by atoms with van der Waals surface area (Å²) in [6.45, 7) is 1.66. The number of nitrogens with zero attached hydrogens (tertiary/aromatic N) is 3. The highest BCUT2D eigenvalue weighted by molar-refractivity contribution is 6.30. The van der Waals surface area contributed by atoms with Crippen molar-refractivity contribution in [2.45, 2.75) is 13.1 Å². The number of hydrogen-bond acceptors (Lipinski definition) is 3. The third kappa shape index (κ3) is 3.51. The molecule has 0 aliphatic heterocycles. The van der Waals surface area contributed by atoms with Crippen molar-refractivity contribution in [3.63, 3.8) is 0 Å². The Kier molecular flexibility index (Phi) is 4.07. The van der Waals surface area contributed by atoms with E-state index in [9.17, 15) is 0 Å². The molecule has 0 aromatic carbocycles. The monoisotopic (exact) mass is 247 g/mol. The average molecular weight is 248 g/mol. The lowest BCUT2D eigenvalue weighted by Crippen LogP contribution is -2.17. The Hall–Kier alpha value is -1.45. The third-order valence-electron chi connectivity index (χ3n) is 2.48. The molecule has 88 valence electrons. The lowest BCUT2D eigenvalue weighted by Gasteiger charge is -2.17. The van der Waals surface area contributed by atoms with E-state index >= 15 is 0 Å². The Morgan fingerprint density at radius 1 is 1.12 bits per heavy atom. The van der Waals surface area contributed by atoms with Crippen LogP contribution in [0, 0.1) is 0 Å². The van der Waals surface area contributed by atoms with E-state index in [1.165, 1.54) is 5.56 Å². The zero-order chi connectivity index (χ0) is 12.1. The van der Waals surface area contributed by atoms with Crippen LogP contribution in [-0.4, -0.2) is 21.9 Å². The van der Waals surface area contributed by atoms with Gasteiger partial charge < -0.3 is 0 Å². The van der Waals surface area contributed by atoms with Crippen LogP contribution in [-0.2, 0) is 13.1 Å². The van der Waals surface area contributed by atoms with Gasteiger partial charge in [0.2, 0.25) is 0 Å². The largest absolute Gasteiger partial charge is 0.298 e. The van der Waals surface area contributed by atoms with Crippen molar-refractivity contribution in [3.8, 4) is 0 Å². The van der Waals surface area contributed by atoms with Crippen LogP contribution in [0.2, 0.25) is 5.15 Å². The molecule has 2 heterocycles. The van der Waals surface area contributed by atoms with Gasteiger partial charge in [0.25, 0.3) is 0 Å². The molecule has 0 saturated carbocycles. The van der Waals surface area contributed by atoms with Crippen LogP contribution in [0.15, 0.2) is 42.9 Å². The minimum atomic E-state index is 0.578. The van der Waals surface area contributed by atoms with Crippen molar-refractivity contribution in [2.75, 3.05) is 7.05 Å². The van der Waals surface area contributed by atoms with Gasteiger partial charge in [0.15, 0.2) is 0 Å². The predicted molar refractivity (Wildman–Crippen MR) is 68.7 cm³/mol. The van der Waals surface area contributed by atoms with Crippen molar-refractivity contribution in [1.82, 2.24) is 14.9 Å². The van der Waals surface area contributed by atoms with E-state index in [1.54, 1.807) is 18.6 Å². The van der Waals surface area contributed by atoms with Gasteiger partial charge >= 0.3 is 0 Å². The first-order chi connectivity index (χ1) is 8.25. The van der Waals surface area contributed by atoms with E-state index in [0.717, 1.165) is 18.7 Å². The lowest BCUT2D eigenvalue weighted by atomic mass is 10.2. The second-order valence-electron chi connectivity index (χ2n) is 3.98. The molecule has 0 aliphatic rings. The van der Waals surface area contributed by atoms with Crippen molar-refractivity contribution in [1.29, 1.82) is 0 Å². The van der Waals surface area contributed by atoms with Gasteiger partial charge in [-0.3, -0.25) is 9.88 Å². The van der Waals surface area contributed by atoms with Gasteiger partial charge in [0.1, 0.15) is 5.15 Å². The molecule has 0 radical (unpaired) electrons. The number of hydrogen-bond donors (Lipinski definition) is 0. The predicted octanol–water partition coefficient (Wildman–Crippen LogP) is 2.76. The quantitative estimate of drug-likeness (QED) is 0.778. The molecular weight excluding hydrogens is 234 g/mol. The Labute approximate surface area is 106 Å². The van der Waals surface area contributed by atoms with Gasteiger partial charge in [0, 0.05) is 37.2 Å². The molecule has 0 amide bonds. The summed E-state index contributed by atoms with van der Waals surface area (Å²) in [5.41, 5.74) is 2.29. The Morgan fingerprint density at radius 2 is 1.88 bits per heavy atom. The van der Waals surface area contributed by atoms with Gasteiger partial charge in [-0.25, -0.2) is 4.98 Å². The number of pyridine rings is 2. The van der Waals surface area contributed by atoms with E-state index in [4.69, 9.17) is 11.6 Å². The Bertz CT molecular complexity index is 473. The second-order valence-corrected chi connectivity index (χ2v) is 4.34. The van der Waals surface area contributed by atoms with Crippen LogP contribution >= 0.6 is 11.6 Å². The van der Waals surface area contributed by atoms with Crippen LogP contribution in [0.1, 0.15) is 11.1 Å². The molecule has 2 aromatic heterocycles. The molecule has 0 aliphatic carbocycles. The summed E-state index contributed by atoms with van der Waals surface area (Å²) in [4.78, 5) is 10.3. The topological polar surface area (TPSA) is 29.0 Å². The lowest BCUT2D eigenvalue weighted by molar-refractivity contribution is 0.318. The fourth-order valence-corrected chi connectivity index (χ4v) is 1.86. The molecule has 2 rings (SSSR count). The standard InChI is InChI=1S/C13H14ClN3/c1-17(9-11-4-7-15-8-5-11)10-12-3-2-6-16-13(12)14/h2-8H,9-10H2,1H3. The zero-order valence-corrected chi connectivity index (χ0v) is 10.4. The first-order valence-electron chi connectivity index (χ1n) is 5.42. The summed E-state index contributed by atoms with van der Waals surface area (Å²) < 4.78 is 0. The maximum absolute atomic E-state index is 6.02. The number of halogens is 1. The first-order valence-corrected chi connectivity index (χ1v) is 5.80. The van der Waals surface area contributed by atoms with Crippen LogP contribution in [0.5, 0.6) is 0 Å². The molecule has 4 heteroatoms. The molecular formula is C13H14ClN3. The van der Waals surface area contributed by atoms with Gasteiger partial charge in [-0.15, -0.1) is 0 Å². The smallest absolute Gasteiger partial charge is 0.133 e. The van der Waals surface area contributed by atoms with Crippen LogP contribution in [0.4, 0.5) is 0 Å². The normalized spacial score (nSPS) is 10.8. The van der Waals surface area contributed by atoms with Gasteiger partial charge in [0.05, 0.1) is 0 Å². The molecule has 0 spiro atoms. The summed E-state index contributed by atoms with van der Waals surface area (Å²) in [5, 5.41) is 0.578. The molecule has 0 unspecified atom stereocenters. The van der Waals surface area contributed by atoms with Crippen molar-refractivity contribution >= 4 is 11.6 Å². The molecule has 3 nitrogen and oxygen atoms in total. The summed E-state index contributed by atoms with van der Waals surface area (Å²) in [7, 11) is 2.06. The van der Waals surface area contributed by atoms with E-state index < -0.39 is 0 Å². The maximum Gasteiger partial charge on any atom is 0.133 e. The SMILES string of the molecule is CN(Cc1ccncc1)Cc1cccnc1Cl. The van der Waals surface area contributed by atoms with E-state index in [1.807, 2.05) is 24.3 Å². The molecule has 0 fully saturated rings. The molecule has 2 aromatic rings. The van der Waals surface area contributed by atoms with Gasteiger partial charge in [-0.05, 0) is 30.8 Å². The molecule has 0 N–H and O–H groups in total. The van der Waals surface area contributed by atoms with Gasteiger partial charge in [-0.2, -0.15) is 0 Å². The molecule has 0 saturated heterocycles. The van der Waals surface area contributed by atoms with E-state index in [2.05, 4.69) is 21.9 Å². The van der Waals surface area contributed by atoms with E-state index in [0.29, 0.717) is 5.15 Å². The Balaban J connectivity index is 1.98. The third-order valence-corrected chi connectivity index (χ3v) is 2.82. The first kappa shape index (κ1) is 12.0. The minimum absolute atomic E-state index is 0.578. The summed E-state index contributed by atoms with van der Waals surface area (Å²) in [6, 6.07) is 7.93. The van der Waals surface area contributed by atoms with E-state index in [-0.39, 0.29) is 0 Å². The van der Waals surface area contributed by atoms with Crippen LogP contribution in [0.3, 0.4) is 0 Å². The number of aromatic nitrogens is 2. The van der Waals surface area contributed by atoms with Crippen LogP contribution < -0.4 is 0 Å². The van der Waals surface area contributed by atoms with Crippen molar-refractivity contribution < 1.29 is 0 Å². The summed E-state index contributed by atoms with van der Waals surface area (Å²) in [5.74, 6) is 0. The Morgan fingerprint density at radius 3 is 2.59 bits per heavy atom. The highest BCUT2D eigenvalue weighted by atomic mass is 35.5. The summed E-state index contributed by atoms with van der Waals surface area (Å²) >= 11 is 6.02. The molecule has 0 atom stereocenters. The maximum atomic E-state index is 6.02. The summed E-state index contributed by atoms with van der Waals surface area (Å²) in [6.07, 6.45) is 5.31. The zero-order valence-electron chi connectivity index (χ0n) is 9.68. The van der Waals surface area contributed by atoms with Crippen molar-refractivity contribution in [2.24, 2.45) is 0 Å². The molecule has 17 heavy (non-hydrogen) atoms. The minimum Gasteiger partial charge on any atom is -0.298 e. The fraction of sp³-hybridized carbons (Fsp3) is 0.231. The average Bonchev–Trinajstić information content (AvgIpc) is 2.33. The van der Waals surface area contributed by atoms with Crippen LogP contribution in [0.25, 0.3) is 0 Å².